The quantitative estimate of drug-likeness (QED) is 0.0620. The number of nitrogens with two attached hydrogens (primary N) is 2. The average Bonchev–Trinajstić information content (AvgIpc) is 2.84. The van der Waals surface area contributed by atoms with Crippen molar-refractivity contribution in [3.63, 3.8) is 0 Å². The van der Waals surface area contributed by atoms with E-state index in [2.05, 4.69) is 21.3 Å². The van der Waals surface area contributed by atoms with Gasteiger partial charge in [-0.1, -0.05) is 12.1 Å². The first-order chi connectivity index (χ1) is 17.4. The van der Waals surface area contributed by atoms with E-state index in [0.717, 1.165) is 0 Å². The number of carboxylic acids is 2. The number of carbonyl (C=O) groups excluding carboxylic acids is 3. The van der Waals surface area contributed by atoms with Crippen LogP contribution in [0.1, 0.15) is 24.8 Å². The van der Waals surface area contributed by atoms with E-state index in [9.17, 15) is 29.1 Å². The van der Waals surface area contributed by atoms with Crippen LogP contribution in [0.5, 0.6) is 5.75 Å². The molecule has 0 aromatic heterocycles. The molecule has 1 aromatic carbocycles. The number of amides is 3. The van der Waals surface area contributed by atoms with Crippen molar-refractivity contribution >= 4 is 35.6 Å². The van der Waals surface area contributed by atoms with Crippen molar-refractivity contribution in [2.75, 3.05) is 20.2 Å². The van der Waals surface area contributed by atoms with Gasteiger partial charge in [-0.2, -0.15) is 0 Å². The number of guanidine groups is 1. The van der Waals surface area contributed by atoms with Crippen LogP contribution in [0.4, 0.5) is 0 Å². The highest BCUT2D eigenvalue weighted by molar-refractivity contribution is 5.94. The van der Waals surface area contributed by atoms with Crippen LogP contribution in [-0.2, 0) is 30.4 Å². The highest BCUT2D eigenvalue weighted by Crippen LogP contribution is 2.13. The Morgan fingerprint density at radius 3 is 2.19 bits per heavy atom. The molecule has 0 saturated heterocycles. The summed E-state index contributed by atoms with van der Waals surface area (Å²) >= 11 is 0. The summed E-state index contributed by atoms with van der Waals surface area (Å²) in [6.07, 6.45) is -0.247. The minimum atomic E-state index is -1.59. The Balaban J connectivity index is 2.68. The summed E-state index contributed by atoms with van der Waals surface area (Å²) in [6, 6.07) is 2.53. The van der Waals surface area contributed by atoms with Gasteiger partial charge < -0.3 is 47.7 Å². The van der Waals surface area contributed by atoms with E-state index in [1.54, 1.807) is 24.3 Å². The second-order valence-corrected chi connectivity index (χ2v) is 7.98. The van der Waals surface area contributed by atoms with Crippen molar-refractivity contribution < 1.29 is 38.9 Å². The predicted molar refractivity (Wildman–Crippen MR) is 131 cm³/mol. The lowest BCUT2D eigenvalue weighted by atomic mass is 10.0. The van der Waals surface area contributed by atoms with Crippen LogP contribution >= 0.6 is 0 Å². The number of benzene rings is 1. The maximum Gasteiger partial charge on any atom is 0.326 e. The van der Waals surface area contributed by atoms with Gasteiger partial charge in [0.25, 0.3) is 0 Å². The van der Waals surface area contributed by atoms with Crippen LogP contribution in [0.3, 0.4) is 0 Å². The van der Waals surface area contributed by atoms with Gasteiger partial charge >= 0.3 is 11.9 Å². The summed E-state index contributed by atoms with van der Waals surface area (Å²) in [5.41, 5.74) is 11.5. The molecule has 15 nitrogen and oxygen atoms in total. The SMILES string of the molecule is COc1ccc(C[C@H](NC(=O)[C@H](CC(=O)O)NC(=O)CNC(=O)[C@@H](N)CCCNC(=N)N)C(=O)O)cc1. The summed E-state index contributed by atoms with van der Waals surface area (Å²) in [4.78, 5) is 59.9. The molecule has 0 heterocycles. The van der Waals surface area contributed by atoms with E-state index in [-0.39, 0.29) is 18.8 Å². The van der Waals surface area contributed by atoms with E-state index in [4.69, 9.17) is 26.7 Å². The molecule has 0 saturated carbocycles. The fourth-order valence-electron chi connectivity index (χ4n) is 3.07. The third kappa shape index (κ3) is 12.2. The van der Waals surface area contributed by atoms with Gasteiger partial charge in [0, 0.05) is 13.0 Å². The number of carbonyl (C=O) groups is 5. The molecule has 0 spiro atoms. The zero-order valence-corrected chi connectivity index (χ0v) is 20.3. The monoisotopic (exact) mass is 523 g/mol. The Morgan fingerprint density at radius 1 is 1.00 bits per heavy atom. The number of rotatable bonds is 16. The first kappa shape index (κ1) is 30.6. The lowest BCUT2D eigenvalue weighted by molar-refractivity contribution is -0.143. The molecule has 1 rings (SSSR count). The third-order valence-electron chi connectivity index (χ3n) is 5.01. The van der Waals surface area contributed by atoms with Gasteiger partial charge in [-0.3, -0.25) is 24.6 Å². The number of hydrogen-bond acceptors (Lipinski definition) is 8. The minimum Gasteiger partial charge on any atom is -0.497 e. The lowest BCUT2D eigenvalue weighted by Crippen LogP contribution is -2.54. The summed E-state index contributed by atoms with van der Waals surface area (Å²) in [7, 11) is 1.47. The fourth-order valence-corrected chi connectivity index (χ4v) is 3.07. The highest BCUT2D eigenvalue weighted by Gasteiger charge is 2.28. The molecule has 15 heteroatoms. The van der Waals surface area contributed by atoms with E-state index < -0.39 is 60.8 Å². The number of methoxy groups -OCH3 is 1. The molecule has 3 amide bonds. The average molecular weight is 524 g/mol. The van der Waals surface area contributed by atoms with Crippen LogP contribution in [0.25, 0.3) is 0 Å². The number of ether oxygens (including phenoxy) is 1. The van der Waals surface area contributed by atoms with E-state index in [0.29, 0.717) is 24.3 Å². The van der Waals surface area contributed by atoms with Crippen molar-refractivity contribution in [3.8, 4) is 5.75 Å². The van der Waals surface area contributed by atoms with Gasteiger partial charge in [-0.25, -0.2) is 4.79 Å². The van der Waals surface area contributed by atoms with E-state index in [1.807, 2.05) is 0 Å². The maximum atomic E-state index is 12.7. The van der Waals surface area contributed by atoms with Crippen LogP contribution in [-0.4, -0.2) is 84.2 Å². The number of nitrogens with one attached hydrogen (secondary N) is 5. The van der Waals surface area contributed by atoms with Gasteiger partial charge in [-0.15, -0.1) is 0 Å². The van der Waals surface area contributed by atoms with Gasteiger partial charge in [0.05, 0.1) is 26.1 Å². The van der Waals surface area contributed by atoms with Gasteiger partial charge in [0.15, 0.2) is 5.96 Å². The molecule has 0 radical (unpaired) electrons. The van der Waals surface area contributed by atoms with Crippen molar-refractivity contribution in [1.29, 1.82) is 5.41 Å². The molecule has 0 unspecified atom stereocenters. The first-order valence-corrected chi connectivity index (χ1v) is 11.2. The van der Waals surface area contributed by atoms with Crippen molar-refractivity contribution in [3.05, 3.63) is 29.8 Å². The number of carboxylic acid groups (broad SMARTS) is 2. The highest BCUT2D eigenvalue weighted by atomic mass is 16.5. The standard InChI is InChI=1S/C22H33N7O8/c1-37-13-6-4-12(5-7-13)9-16(21(35)36)29-20(34)15(10-18(31)32)28-17(30)11-27-19(33)14(23)3-2-8-26-22(24)25/h4-7,14-16H,2-3,8-11,23H2,1H3,(H,27,33)(H,28,30)(H,29,34)(H,31,32)(H,35,36)(H4,24,25,26)/t14-,15-,16-/m0/s1. The summed E-state index contributed by atoms with van der Waals surface area (Å²) < 4.78 is 5.04. The Bertz CT molecular complexity index is 970. The Labute approximate surface area is 212 Å². The third-order valence-corrected chi connectivity index (χ3v) is 5.01. The smallest absolute Gasteiger partial charge is 0.326 e. The van der Waals surface area contributed by atoms with Crippen LogP contribution in [0, 0.1) is 5.41 Å². The van der Waals surface area contributed by atoms with Crippen LogP contribution < -0.4 is 37.5 Å². The van der Waals surface area contributed by atoms with Crippen LogP contribution in [0.15, 0.2) is 24.3 Å². The Morgan fingerprint density at radius 2 is 1.65 bits per heavy atom. The maximum absolute atomic E-state index is 12.7. The molecule has 1 aromatic rings. The molecule has 37 heavy (non-hydrogen) atoms. The van der Waals surface area contributed by atoms with Gasteiger partial charge in [0.1, 0.15) is 17.8 Å². The molecule has 204 valence electrons. The second kappa shape index (κ2) is 15.6. The van der Waals surface area contributed by atoms with Gasteiger partial charge in [-0.05, 0) is 30.5 Å². The predicted octanol–water partition coefficient (Wildman–Crippen LogP) is -2.53. The zero-order valence-electron chi connectivity index (χ0n) is 20.3. The molecule has 0 fully saturated rings. The first-order valence-electron chi connectivity index (χ1n) is 11.2. The normalized spacial score (nSPS) is 12.8. The summed E-state index contributed by atoms with van der Waals surface area (Å²) in [5, 5.41) is 34.9. The topological polar surface area (TPSA) is 259 Å². The zero-order chi connectivity index (χ0) is 28.0. The summed E-state index contributed by atoms with van der Waals surface area (Å²) in [5.74, 6) is -4.97. The number of hydrogen-bond donors (Lipinski definition) is 9. The molecule has 0 bridgehead atoms. The molecular weight excluding hydrogens is 490 g/mol. The molecule has 0 aliphatic rings. The molecule has 0 aliphatic carbocycles. The van der Waals surface area contributed by atoms with Gasteiger partial charge in [0.2, 0.25) is 17.7 Å². The Hall–Kier alpha value is -4.40. The second-order valence-electron chi connectivity index (χ2n) is 7.98. The van der Waals surface area contributed by atoms with Crippen molar-refractivity contribution in [2.24, 2.45) is 11.5 Å². The number of aliphatic carboxylic acids is 2. The minimum absolute atomic E-state index is 0.102. The molecule has 3 atom stereocenters. The van der Waals surface area contributed by atoms with Crippen molar-refractivity contribution in [1.82, 2.24) is 21.3 Å². The molecular formula is C22H33N7O8. The largest absolute Gasteiger partial charge is 0.497 e. The van der Waals surface area contributed by atoms with E-state index in [1.165, 1.54) is 7.11 Å². The van der Waals surface area contributed by atoms with Crippen LogP contribution in [0.2, 0.25) is 0 Å². The van der Waals surface area contributed by atoms with E-state index >= 15 is 0 Å². The molecule has 11 N–H and O–H groups in total. The molecule has 0 aliphatic heterocycles. The lowest BCUT2D eigenvalue weighted by Gasteiger charge is -2.21. The van der Waals surface area contributed by atoms with Crippen molar-refractivity contribution in [2.45, 2.75) is 43.8 Å². The summed E-state index contributed by atoms with van der Waals surface area (Å²) in [6.45, 7) is -0.256. The fraction of sp³-hybridized carbons (Fsp3) is 0.455. The Kier molecular flexibility index (Phi) is 12.9.